The molecule has 180 valence electrons. The molecular weight excluding hydrogens is 440 g/mol. The Balaban J connectivity index is 1.25. The Morgan fingerprint density at radius 2 is 1.88 bits per heavy atom. The van der Waals surface area contributed by atoms with E-state index in [1.165, 1.54) is 24.1 Å². The predicted molar refractivity (Wildman–Crippen MR) is 124 cm³/mol. The zero-order valence-corrected chi connectivity index (χ0v) is 19.2. The number of piperazine rings is 1. The number of benzene rings is 2. The van der Waals surface area contributed by atoms with Crippen molar-refractivity contribution in [3.8, 4) is 5.75 Å². The van der Waals surface area contributed by atoms with Crippen LogP contribution in [-0.2, 0) is 16.9 Å². The molecule has 2 aliphatic heterocycles. The molecule has 0 amide bonds. The Morgan fingerprint density at radius 1 is 1.09 bits per heavy atom. The van der Waals surface area contributed by atoms with Gasteiger partial charge in [-0.2, -0.15) is 5.10 Å². The molecular formula is C25H29F2N5O2. The van der Waals surface area contributed by atoms with Gasteiger partial charge in [0.1, 0.15) is 35.6 Å². The summed E-state index contributed by atoms with van der Waals surface area (Å²) in [6, 6.07) is 11.8. The van der Waals surface area contributed by atoms with Crippen molar-refractivity contribution < 1.29 is 18.3 Å². The van der Waals surface area contributed by atoms with Crippen LogP contribution in [-0.4, -0.2) is 66.1 Å². The molecule has 0 saturated carbocycles. The Labute approximate surface area is 197 Å². The molecule has 1 aromatic heterocycles. The number of hydrogen-bond donors (Lipinski definition) is 0. The van der Waals surface area contributed by atoms with Crippen molar-refractivity contribution in [1.82, 2.24) is 19.7 Å². The first-order chi connectivity index (χ1) is 16.5. The predicted octanol–water partition coefficient (Wildman–Crippen LogP) is 3.32. The summed E-state index contributed by atoms with van der Waals surface area (Å²) in [6.45, 7) is 5.29. The van der Waals surface area contributed by atoms with E-state index in [9.17, 15) is 8.78 Å². The second kappa shape index (κ2) is 9.68. The van der Waals surface area contributed by atoms with Crippen LogP contribution >= 0.6 is 0 Å². The van der Waals surface area contributed by atoms with Crippen molar-refractivity contribution >= 4 is 5.69 Å². The number of hydrogen-bond acceptors (Lipinski definition) is 6. The molecule has 2 fully saturated rings. The molecule has 0 radical (unpaired) electrons. The summed E-state index contributed by atoms with van der Waals surface area (Å²) in [5, 5.41) is 4.16. The summed E-state index contributed by atoms with van der Waals surface area (Å²) in [5.74, 6) is -0.402. The van der Waals surface area contributed by atoms with Crippen molar-refractivity contribution in [3.05, 3.63) is 72.3 Å². The lowest BCUT2D eigenvalue weighted by Gasteiger charge is -2.34. The van der Waals surface area contributed by atoms with Crippen LogP contribution in [0.2, 0.25) is 0 Å². The highest BCUT2D eigenvalue weighted by molar-refractivity contribution is 5.49. The summed E-state index contributed by atoms with van der Waals surface area (Å²) in [4.78, 5) is 8.69. The first-order valence-electron chi connectivity index (χ1n) is 11.6. The number of aromatic nitrogens is 3. The third-order valence-electron chi connectivity index (χ3n) is 6.71. The fraction of sp³-hybridized carbons (Fsp3) is 0.440. The Kier molecular flexibility index (Phi) is 6.47. The molecule has 0 aliphatic carbocycles. The molecule has 34 heavy (non-hydrogen) atoms. The number of ether oxygens (including phenoxy) is 2. The third kappa shape index (κ3) is 4.90. The van der Waals surface area contributed by atoms with E-state index in [1.807, 2.05) is 12.1 Å². The SMILES string of the molecule is CN1CCN(c2ccc(OCC3CO[C@@](Cn4cncn4)(c4ccc(F)cc4F)C3)cc2)CC1. The van der Waals surface area contributed by atoms with Crippen LogP contribution in [0.3, 0.4) is 0 Å². The van der Waals surface area contributed by atoms with E-state index in [0.29, 0.717) is 25.2 Å². The van der Waals surface area contributed by atoms with Gasteiger partial charge in [0.2, 0.25) is 0 Å². The lowest BCUT2D eigenvalue weighted by Crippen LogP contribution is -2.44. The molecule has 0 N–H and O–H groups in total. The molecule has 2 saturated heterocycles. The molecule has 2 atom stereocenters. The molecule has 7 nitrogen and oxygen atoms in total. The minimum absolute atomic E-state index is 0.0466. The minimum Gasteiger partial charge on any atom is -0.493 e. The van der Waals surface area contributed by atoms with Gasteiger partial charge in [0.25, 0.3) is 0 Å². The maximum Gasteiger partial charge on any atom is 0.137 e. The number of nitrogens with zero attached hydrogens (tertiary/aromatic N) is 5. The summed E-state index contributed by atoms with van der Waals surface area (Å²) in [5.41, 5.74) is 0.553. The quantitative estimate of drug-likeness (QED) is 0.529. The van der Waals surface area contributed by atoms with Crippen LogP contribution in [0, 0.1) is 17.6 Å². The maximum absolute atomic E-state index is 14.8. The number of likely N-dealkylation sites (N-methyl/N-ethyl adjacent to an activating group) is 1. The second-order valence-electron chi connectivity index (χ2n) is 9.19. The van der Waals surface area contributed by atoms with Gasteiger partial charge in [-0.1, -0.05) is 6.07 Å². The van der Waals surface area contributed by atoms with Gasteiger partial charge >= 0.3 is 0 Å². The van der Waals surface area contributed by atoms with Gasteiger partial charge < -0.3 is 19.3 Å². The van der Waals surface area contributed by atoms with E-state index in [2.05, 4.69) is 39.1 Å². The maximum atomic E-state index is 14.8. The van der Waals surface area contributed by atoms with E-state index >= 15 is 0 Å². The number of rotatable bonds is 7. The number of halogens is 2. The van der Waals surface area contributed by atoms with Gasteiger partial charge in [0.15, 0.2) is 0 Å². The van der Waals surface area contributed by atoms with Crippen LogP contribution < -0.4 is 9.64 Å². The van der Waals surface area contributed by atoms with Gasteiger partial charge in [-0.05, 0) is 43.8 Å². The highest BCUT2D eigenvalue weighted by Gasteiger charge is 2.44. The van der Waals surface area contributed by atoms with Gasteiger partial charge in [-0.25, -0.2) is 18.4 Å². The largest absolute Gasteiger partial charge is 0.493 e. The highest BCUT2D eigenvalue weighted by Crippen LogP contribution is 2.42. The Bertz CT molecular complexity index is 1090. The molecule has 5 rings (SSSR count). The first kappa shape index (κ1) is 22.7. The molecule has 0 spiro atoms. The van der Waals surface area contributed by atoms with Crippen LogP contribution in [0.15, 0.2) is 55.1 Å². The summed E-state index contributed by atoms with van der Waals surface area (Å²) >= 11 is 0. The molecule has 1 unspecified atom stereocenters. The lowest BCUT2D eigenvalue weighted by molar-refractivity contribution is -0.0206. The van der Waals surface area contributed by atoms with E-state index < -0.39 is 17.2 Å². The number of anilines is 1. The van der Waals surface area contributed by atoms with Gasteiger partial charge in [-0.15, -0.1) is 0 Å². The fourth-order valence-corrected chi connectivity index (χ4v) is 4.82. The summed E-state index contributed by atoms with van der Waals surface area (Å²) in [7, 11) is 2.14. The summed E-state index contributed by atoms with van der Waals surface area (Å²) in [6.07, 6.45) is 3.52. The second-order valence-corrected chi connectivity index (χ2v) is 9.19. The standard InChI is InChI=1S/C25H29F2N5O2/c1-30-8-10-31(11-9-30)21-3-5-22(6-4-21)33-14-19-13-25(34-15-19,16-32-18-28-17-29-32)23-7-2-20(26)12-24(23)27/h2-7,12,17-19H,8-11,13-16H2,1H3/t19?,25-/m0/s1. The minimum atomic E-state index is -0.967. The van der Waals surface area contributed by atoms with E-state index in [0.717, 1.165) is 38.0 Å². The smallest absolute Gasteiger partial charge is 0.137 e. The van der Waals surface area contributed by atoms with Crippen molar-refractivity contribution in [2.45, 2.75) is 18.6 Å². The van der Waals surface area contributed by atoms with E-state index in [-0.39, 0.29) is 12.5 Å². The molecule has 0 bridgehead atoms. The zero-order valence-electron chi connectivity index (χ0n) is 19.2. The summed E-state index contributed by atoms with van der Waals surface area (Å²) < 4.78 is 42.2. The zero-order chi connectivity index (χ0) is 23.5. The Morgan fingerprint density at radius 3 is 2.59 bits per heavy atom. The van der Waals surface area contributed by atoms with E-state index in [1.54, 1.807) is 11.0 Å². The van der Waals surface area contributed by atoms with Gasteiger partial charge in [0.05, 0.1) is 19.8 Å². The van der Waals surface area contributed by atoms with Gasteiger partial charge in [0, 0.05) is 49.4 Å². The first-order valence-corrected chi connectivity index (χ1v) is 11.6. The average molecular weight is 470 g/mol. The van der Waals surface area contributed by atoms with E-state index in [4.69, 9.17) is 9.47 Å². The van der Waals surface area contributed by atoms with Crippen LogP contribution in [0.5, 0.6) is 5.75 Å². The lowest BCUT2D eigenvalue weighted by atomic mass is 9.87. The Hall–Kier alpha value is -3.04. The van der Waals surface area contributed by atoms with Crippen molar-refractivity contribution in [3.63, 3.8) is 0 Å². The normalized spacial score (nSPS) is 23.4. The molecule has 3 heterocycles. The molecule has 2 aromatic carbocycles. The topological polar surface area (TPSA) is 55.7 Å². The highest BCUT2D eigenvalue weighted by atomic mass is 19.1. The van der Waals surface area contributed by atoms with Crippen molar-refractivity contribution in [1.29, 1.82) is 0 Å². The monoisotopic (exact) mass is 469 g/mol. The van der Waals surface area contributed by atoms with Crippen LogP contribution in [0.4, 0.5) is 14.5 Å². The average Bonchev–Trinajstić information content (AvgIpc) is 3.49. The van der Waals surface area contributed by atoms with Gasteiger partial charge in [-0.3, -0.25) is 0 Å². The van der Waals surface area contributed by atoms with Crippen LogP contribution in [0.1, 0.15) is 12.0 Å². The molecule has 2 aliphatic rings. The van der Waals surface area contributed by atoms with Crippen LogP contribution in [0.25, 0.3) is 0 Å². The molecule has 9 heteroatoms. The third-order valence-corrected chi connectivity index (χ3v) is 6.71. The van der Waals surface area contributed by atoms with Crippen molar-refractivity contribution in [2.75, 3.05) is 51.3 Å². The van der Waals surface area contributed by atoms with Crippen molar-refractivity contribution in [2.24, 2.45) is 5.92 Å². The fourth-order valence-electron chi connectivity index (χ4n) is 4.82. The molecule has 3 aromatic rings.